The summed E-state index contributed by atoms with van der Waals surface area (Å²) in [6.07, 6.45) is 10.9. The minimum atomic E-state index is -0.137. The number of hydrogen-bond donors (Lipinski definition) is 2. The van der Waals surface area contributed by atoms with Crippen molar-refractivity contribution in [2.45, 2.75) is 56.7 Å². The number of carbonyl (C=O) groups excluding carboxylic acids is 2. The highest BCUT2D eigenvalue weighted by Crippen LogP contribution is 2.28. The van der Waals surface area contributed by atoms with Crippen LogP contribution in [0.5, 0.6) is 0 Å². The zero-order valence-corrected chi connectivity index (χ0v) is 15.8. The molecule has 0 radical (unpaired) electrons. The van der Waals surface area contributed by atoms with Crippen molar-refractivity contribution in [1.82, 2.24) is 25.6 Å². The van der Waals surface area contributed by atoms with Gasteiger partial charge in [0, 0.05) is 23.0 Å². The average Bonchev–Trinajstić information content (AvgIpc) is 3.15. The number of thiophene rings is 1. The molecular weight excluding hydrogens is 362 g/mol. The summed E-state index contributed by atoms with van der Waals surface area (Å²) < 4.78 is 1.80. The number of amides is 2. The topological polar surface area (TPSA) is 88.9 Å². The maximum atomic E-state index is 12.1. The molecule has 0 spiro atoms. The first-order chi connectivity index (χ1) is 13.2. The molecule has 2 heterocycles. The molecule has 27 heavy (non-hydrogen) atoms. The third-order valence-electron chi connectivity index (χ3n) is 5.01. The molecule has 0 aliphatic heterocycles. The van der Waals surface area contributed by atoms with Crippen LogP contribution in [0.25, 0.3) is 6.08 Å². The molecule has 2 aliphatic rings. The van der Waals surface area contributed by atoms with Gasteiger partial charge < -0.3 is 10.6 Å². The van der Waals surface area contributed by atoms with Crippen LogP contribution in [0.15, 0.2) is 29.8 Å². The van der Waals surface area contributed by atoms with Crippen LogP contribution in [0, 0.1) is 0 Å². The number of nitrogens with zero attached hydrogens (tertiary/aromatic N) is 3. The second kappa shape index (κ2) is 8.04. The van der Waals surface area contributed by atoms with Gasteiger partial charge in [-0.2, -0.15) is 0 Å². The van der Waals surface area contributed by atoms with Gasteiger partial charge in [-0.15, -0.1) is 16.4 Å². The quantitative estimate of drug-likeness (QED) is 0.748. The molecule has 0 atom stereocenters. The fourth-order valence-electron chi connectivity index (χ4n) is 3.32. The van der Waals surface area contributed by atoms with E-state index in [0.717, 1.165) is 43.4 Å². The third kappa shape index (κ3) is 4.82. The van der Waals surface area contributed by atoms with Crippen LogP contribution in [-0.2, 0) is 4.79 Å². The van der Waals surface area contributed by atoms with Crippen LogP contribution in [-0.4, -0.2) is 38.9 Å². The first-order valence-electron chi connectivity index (χ1n) is 9.42. The highest BCUT2D eigenvalue weighted by molar-refractivity contribution is 7.10. The highest BCUT2D eigenvalue weighted by Gasteiger charge is 2.27. The molecule has 0 aromatic carbocycles. The molecule has 4 rings (SSSR count). The average molecular weight is 385 g/mol. The Bertz CT molecular complexity index is 817. The van der Waals surface area contributed by atoms with E-state index in [1.807, 2.05) is 23.6 Å². The van der Waals surface area contributed by atoms with Crippen molar-refractivity contribution in [2.24, 2.45) is 0 Å². The van der Waals surface area contributed by atoms with Gasteiger partial charge in [0.1, 0.15) is 0 Å². The Morgan fingerprint density at radius 1 is 1.11 bits per heavy atom. The van der Waals surface area contributed by atoms with Crippen LogP contribution in [0.4, 0.5) is 0 Å². The smallest absolute Gasteiger partial charge is 0.273 e. The molecule has 2 aliphatic carbocycles. The van der Waals surface area contributed by atoms with Crippen LogP contribution >= 0.6 is 11.3 Å². The molecule has 142 valence electrons. The van der Waals surface area contributed by atoms with Crippen molar-refractivity contribution >= 4 is 29.2 Å². The van der Waals surface area contributed by atoms with E-state index in [1.54, 1.807) is 28.3 Å². The first-order valence-corrected chi connectivity index (χ1v) is 10.3. The summed E-state index contributed by atoms with van der Waals surface area (Å²) in [5.74, 6) is -0.186. The lowest BCUT2D eigenvalue weighted by Crippen LogP contribution is -2.37. The molecule has 2 saturated carbocycles. The Balaban J connectivity index is 1.24. The summed E-state index contributed by atoms with van der Waals surface area (Å²) in [6, 6.07) is 4.68. The molecule has 7 nitrogen and oxygen atoms in total. The van der Waals surface area contributed by atoms with Gasteiger partial charge in [-0.1, -0.05) is 11.3 Å². The molecule has 0 saturated heterocycles. The normalized spacial score (nSPS) is 22.7. The Labute approximate surface area is 161 Å². The number of carbonyl (C=O) groups is 2. The summed E-state index contributed by atoms with van der Waals surface area (Å²) in [6.45, 7) is 0. The van der Waals surface area contributed by atoms with E-state index >= 15 is 0 Å². The number of nitrogens with one attached hydrogen (secondary N) is 2. The minimum Gasteiger partial charge on any atom is -0.350 e. The van der Waals surface area contributed by atoms with Gasteiger partial charge in [-0.3, -0.25) is 9.59 Å². The van der Waals surface area contributed by atoms with Crippen LogP contribution in [0.1, 0.15) is 59.9 Å². The van der Waals surface area contributed by atoms with Crippen molar-refractivity contribution in [3.05, 3.63) is 40.4 Å². The Morgan fingerprint density at radius 2 is 1.85 bits per heavy atom. The standard InChI is InChI=1S/C19H23N5O2S/c25-18(10-9-16-2-1-11-27-16)20-13-5-7-15(8-6-13)24-12-17(22-23-24)19(26)21-14-3-4-14/h1-2,9-15H,3-8H2,(H,20,25)(H,21,26). The van der Waals surface area contributed by atoms with Crippen molar-refractivity contribution in [1.29, 1.82) is 0 Å². The van der Waals surface area contributed by atoms with Crippen LogP contribution in [0.3, 0.4) is 0 Å². The van der Waals surface area contributed by atoms with E-state index in [-0.39, 0.29) is 23.9 Å². The number of rotatable bonds is 6. The molecule has 8 heteroatoms. The maximum absolute atomic E-state index is 12.1. The van der Waals surface area contributed by atoms with Crippen LogP contribution < -0.4 is 10.6 Å². The SMILES string of the molecule is O=C(C=Cc1cccs1)NC1CCC(n2cc(C(=O)NC3CC3)nn2)CC1. The van der Waals surface area contributed by atoms with E-state index in [1.165, 1.54) is 0 Å². The predicted octanol–water partition coefficient (Wildman–Crippen LogP) is 2.55. The number of aromatic nitrogens is 3. The van der Waals surface area contributed by atoms with Crippen molar-refractivity contribution < 1.29 is 9.59 Å². The van der Waals surface area contributed by atoms with E-state index in [9.17, 15) is 9.59 Å². The third-order valence-corrected chi connectivity index (χ3v) is 5.85. The largest absolute Gasteiger partial charge is 0.350 e. The predicted molar refractivity (Wildman–Crippen MR) is 103 cm³/mol. The van der Waals surface area contributed by atoms with Gasteiger partial charge in [-0.25, -0.2) is 4.68 Å². The van der Waals surface area contributed by atoms with E-state index in [0.29, 0.717) is 11.7 Å². The van der Waals surface area contributed by atoms with Crippen LogP contribution in [0.2, 0.25) is 0 Å². The maximum Gasteiger partial charge on any atom is 0.273 e. The Kier molecular flexibility index (Phi) is 5.33. The molecule has 2 N–H and O–H groups in total. The number of hydrogen-bond acceptors (Lipinski definition) is 5. The lowest BCUT2D eigenvalue weighted by molar-refractivity contribution is -0.117. The van der Waals surface area contributed by atoms with Gasteiger partial charge >= 0.3 is 0 Å². The van der Waals surface area contributed by atoms with E-state index in [2.05, 4.69) is 20.9 Å². The van der Waals surface area contributed by atoms with Gasteiger partial charge in [0.15, 0.2) is 5.69 Å². The molecule has 2 aromatic heterocycles. The molecule has 2 aromatic rings. The molecule has 0 unspecified atom stereocenters. The first kappa shape index (κ1) is 17.9. The summed E-state index contributed by atoms with van der Waals surface area (Å²) in [7, 11) is 0. The molecule has 2 amide bonds. The van der Waals surface area contributed by atoms with Crippen molar-refractivity contribution in [2.75, 3.05) is 0 Å². The van der Waals surface area contributed by atoms with Gasteiger partial charge in [0.2, 0.25) is 5.91 Å². The monoisotopic (exact) mass is 385 g/mol. The highest BCUT2D eigenvalue weighted by atomic mass is 32.1. The van der Waals surface area contributed by atoms with Crippen molar-refractivity contribution in [3.63, 3.8) is 0 Å². The van der Waals surface area contributed by atoms with Crippen molar-refractivity contribution in [3.8, 4) is 0 Å². The Morgan fingerprint density at radius 3 is 2.56 bits per heavy atom. The van der Waals surface area contributed by atoms with Gasteiger partial charge in [0.25, 0.3) is 5.91 Å². The summed E-state index contributed by atoms with van der Waals surface area (Å²) in [4.78, 5) is 25.2. The molecule has 0 bridgehead atoms. The lowest BCUT2D eigenvalue weighted by atomic mass is 9.91. The van der Waals surface area contributed by atoms with Gasteiger partial charge in [0.05, 0.1) is 12.2 Å². The Hall–Kier alpha value is -2.48. The minimum absolute atomic E-state index is 0.0494. The summed E-state index contributed by atoms with van der Waals surface area (Å²) in [5, 5.41) is 16.1. The lowest BCUT2D eigenvalue weighted by Gasteiger charge is -2.28. The van der Waals surface area contributed by atoms with Gasteiger partial charge in [-0.05, 0) is 56.0 Å². The fraction of sp³-hybridized carbons (Fsp3) is 0.474. The molecular formula is C19H23N5O2S. The molecule has 2 fully saturated rings. The second-order valence-corrected chi connectivity index (χ2v) is 8.17. The fourth-order valence-corrected chi connectivity index (χ4v) is 3.94. The zero-order valence-electron chi connectivity index (χ0n) is 15.0. The van der Waals surface area contributed by atoms with E-state index < -0.39 is 0 Å². The summed E-state index contributed by atoms with van der Waals surface area (Å²) >= 11 is 1.61. The second-order valence-electron chi connectivity index (χ2n) is 7.19. The van der Waals surface area contributed by atoms with E-state index in [4.69, 9.17) is 0 Å². The zero-order chi connectivity index (χ0) is 18.6. The summed E-state index contributed by atoms with van der Waals surface area (Å²) in [5.41, 5.74) is 0.385.